The van der Waals surface area contributed by atoms with Crippen molar-refractivity contribution < 1.29 is 4.39 Å². The van der Waals surface area contributed by atoms with Crippen LogP contribution in [0.2, 0.25) is 0 Å². The summed E-state index contributed by atoms with van der Waals surface area (Å²) in [6.45, 7) is 0.330. The molecular weight excluding hydrogens is 185 g/mol. The monoisotopic (exact) mass is 193 g/mol. The Labute approximate surface area is 76.6 Å². The summed E-state index contributed by atoms with van der Waals surface area (Å²) >= 11 is 3.94. The summed E-state index contributed by atoms with van der Waals surface area (Å²) in [5.41, 5.74) is 6.04. The van der Waals surface area contributed by atoms with Gasteiger partial charge in [0.05, 0.1) is 0 Å². The van der Waals surface area contributed by atoms with Gasteiger partial charge < -0.3 is 5.73 Å². The second-order valence-corrected chi connectivity index (χ2v) is 2.40. The Morgan fingerprint density at radius 2 is 2.09 bits per heavy atom. The molecule has 0 saturated heterocycles. The van der Waals surface area contributed by atoms with Crippen molar-refractivity contribution in [3.05, 3.63) is 29.6 Å². The number of nitrogens with two attached hydrogens (primary N) is 1. The van der Waals surface area contributed by atoms with Crippen molar-refractivity contribution in [3.8, 4) is 0 Å². The van der Waals surface area contributed by atoms with Crippen molar-refractivity contribution in [1.29, 1.82) is 0 Å². The Hall–Kier alpha value is -0.250. The van der Waals surface area contributed by atoms with Crippen LogP contribution in [0, 0.1) is 5.82 Å². The predicted molar refractivity (Wildman–Crippen MR) is 48.8 cm³/mol. The van der Waals surface area contributed by atoms with Crippen LogP contribution in [-0.4, -0.2) is 0 Å². The smallest absolute Gasteiger partial charge is 0.136 e. The molecule has 0 aliphatic carbocycles. The van der Waals surface area contributed by atoms with Crippen molar-refractivity contribution in [1.82, 2.24) is 0 Å². The van der Waals surface area contributed by atoms with E-state index in [0.29, 0.717) is 11.4 Å². The molecule has 1 nitrogen and oxygen atoms in total. The van der Waals surface area contributed by atoms with Crippen LogP contribution >= 0.6 is 25.0 Å². The van der Waals surface area contributed by atoms with Crippen molar-refractivity contribution in [2.75, 3.05) is 0 Å². The van der Waals surface area contributed by atoms with Gasteiger partial charge >= 0.3 is 0 Å². The van der Waals surface area contributed by atoms with Crippen LogP contribution in [-0.2, 0) is 6.54 Å². The molecule has 1 rings (SSSR count). The Morgan fingerprint density at radius 1 is 1.45 bits per heavy atom. The first kappa shape index (κ1) is 10.8. The number of halogens is 2. The number of benzene rings is 1. The summed E-state index contributed by atoms with van der Waals surface area (Å²) in [6, 6.07) is 4.74. The standard InChI is InChI=1S/C7H8FNS.ClH/c8-6-3-1-2-5(4-9)7(6)10;/h1-3,10H,4,9H2;1H. The zero-order valence-electron chi connectivity index (χ0n) is 5.75. The normalized spacial score (nSPS) is 9.00. The summed E-state index contributed by atoms with van der Waals surface area (Å²) in [5, 5.41) is 0. The molecule has 0 aliphatic rings. The van der Waals surface area contributed by atoms with Gasteiger partial charge in [0.1, 0.15) is 5.82 Å². The van der Waals surface area contributed by atoms with Crippen LogP contribution < -0.4 is 5.73 Å². The summed E-state index contributed by atoms with van der Waals surface area (Å²) in [5.74, 6) is -0.314. The fraction of sp³-hybridized carbons (Fsp3) is 0.143. The first-order valence-electron chi connectivity index (χ1n) is 2.92. The van der Waals surface area contributed by atoms with Crippen LogP contribution in [0.1, 0.15) is 5.56 Å². The largest absolute Gasteiger partial charge is 0.326 e. The number of thiol groups is 1. The molecular formula is C7H9ClFNS. The molecule has 0 heterocycles. The predicted octanol–water partition coefficient (Wildman–Crippen LogP) is 1.99. The average Bonchev–Trinajstić information content (AvgIpc) is 1.95. The highest BCUT2D eigenvalue weighted by Crippen LogP contribution is 2.16. The SMILES string of the molecule is Cl.NCc1cccc(F)c1S. The zero-order chi connectivity index (χ0) is 7.56. The van der Waals surface area contributed by atoms with Gasteiger partial charge in [-0.05, 0) is 11.6 Å². The maximum absolute atomic E-state index is 12.6. The van der Waals surface area contributed by atoms with E-state index in [1.54, 1.807) is 12.1 Å². The average molecular weight is 194 g/mol. The van der Waals surface area contributed by atoms with Gasteiger partial charge in [-0.25, -0.2) is 4.39 Å². The van der Waals surface area contributed by atoms with E-state index in [9.17, 15) is 4.39 Å². The van der Waals surface area contributed by atoms with Gasteiger partial charge in [0.2, 0.25) is 0 Å². The van der Waals surface area contributed by atoms with Gasteiger partial charge in [0, 0.05) is 11.4 Å². The van der Waals surface area contributed by atoms with E-state index in [-0.39, 0.29) is 18.2 Å². The molecule has 0 bridgehead atoms. The molecule has 0 radical (unpaired) electrons. The Morgan fingerprint density at radius 3 is 2.55 bits per heavy atom. The van der Waals surface area contributed by atoms with E-state index in [1.807, 2.05) is 0 Å². The minimum Gasteiger partial charge on any atom is -0.326 e. The molecule has 4 heteroatoms. The highest BCUT2D eigenvalue weighted by Gasteiger charge is 2.00. The van der Waals surface area contributed by atoms with Gasteiger partial charge in [0.25, 0.3) is 0 Å². The van der Waals surface area contributed by atoms with Crippen LogP contribution in [0.4, 0.5) is 4.39 Å². The molecule has 0 fully saturated rings. The van der Waals surface area contributed by atoms with Crippen molar-refractivity contribution in [2.24, 2.45) is 5.73 Å². The second-order valence-electron chi connectivity index (χ2n) is 1.95. The molecule has 1 aromatic rings. The van der Waals surface area contributed by atoms with E-state index in [0.717, 1.165) is 5.56 Å². The topological polar surface area (TPSA) is 26.0 Å². The highest BCUT2D eigenvalue weighted by atomic mass is 35.5. The van der Waals surface area contributed by atoms with Crippen molar-refractivity contribution >= 4 is 25.0 Å². The van der Waals surface area contributed by atoms with E-state index in [1.165, 1.54) is 6.07 Å². The molecule has 0 amide bonds. The third-order valence-corrected chi connectivity index (χ3v) is 1.79. The Balaban J connectivity index is 0.000001000. The number of rotatable bonds is 1. The van der Waals surface area contributed by atoms with Gasteiger partial charge in [-0.1, -0.05) is 12.1 Å². The molecule has 0 aliphatic heterocycles. The van der Waals surface area contributed by atoms with Crippen LogP contribution in [0.25, 0.3) is 0 Å². The van der Waals surface area contributed by atoms with Crippen molar-refractivity contribution in [2.45, 2.75) is 11.4 Å². The molecule has 0 unspecified atom stereocenters. The third-order valence-electron chi connectivity index (χ3n) is 1.29. The van der Waals surface area contributed by atoms with Gasteiger partial charge in [-0.3, -0.25) is 0 Å². The maximum Gasteiger partial charge on any atom is 0.136 e. The molecule has 2 N–H and O–H groups in total. The van der Waals surface area contributed by atoms with Crippen LogP contribution in [0.15, 0.2) is 23.1 Å². The fourth-order valence-electron chi connectivity index (χ4n) is 0.725. The molecule has 1 aromatic carbocycles. The highest BCUT2D eigenvalue weighted by molar-refractivity contribution is 7.80. The number of hydrogen-bond donors (Lipinski definition) is 2. The quantitative estimate of drug-likeness (QED) is 0.656. The molecule has 0 saturated carbocycles. The van der Waals surface area contributed by atoms with E-state index < -0.39 is 0 Å². The van der Waals surface area contributed by atoms with Gasteiger partial charge in [-0.2, -0.15) is 0 Å². The minimum atomic E-state index is -0.314. The lowest BCUT2D eigenvalue weighted by Gasteiger charge is -2.00. The van der Waals surface area contributed by atoms with E-state index in [4.69, 9.17) is 5.73 Å². The third kappa shape index (κ3) is 2.36. The first-order chi connectivity index (χ1) is 4.75. The van der Waals surface area contributed by atoms with E-state index >= 15 is 0 Å². The molecule has 0 spiro atoms. The Kier molecular flexibility index (Phi) is 4.49. The van der Waals surface area contributed by atoms with Gasteiger partial charge in [0.15, 0.2) is 0 Å². The summed E-state index contributed by atoms with van der Waals surface area (Å²) < 4.78 is 12.6. The molecule has 0 atom stereocenters. The molecule has 62 valence electrons. The van der Waals surface area contributed by atoms with Crippen LogP contribution in [0.3, 0.4) is 0 Å². The fourth-order valence-corrected chi connectivity index (χ4v) is 0.965. The molecule has 11 heavy (non-hydrogen) atoms. The Bertz CT molecular complexity index is 242. The molecule has 0 aromatic heterocycles. The van der Waals surface area contributed by atoms with Crippen LogP contribution in [0.5, 0.6) is 0 Å². The maximum atomic E-state index is 12.6. The van der Waals surface area contributed by atoms with Gasteiger partial charge in [-0.15, -0.1) is 25.0 Å². The second kappa shape index (κ2) is 4.59. The number of hydrogen-bond acceptors (Lipinski definition) is 2. The summed E-state index contributed by atoms with van der Waals surface area (Å²) in [6.07, 6.45) is 0. The lowest BCUT2D eigenvalue weighted by molar-refractivity contribution is 0.598. The lowest BCUT2D eigenvalue weighted by Crippen LogP contribution is -1.98. The summed E-state index contributed by atoms with van der Waals surface area (Å²) in [7, 11) is 0. The van der Waals surface area contributed by atoms with E-state index in [2.05, 4.69) is 12.6 Å². The first-order valence-corrected chi connectivity index (χ1v) is 3.37. The minimum absolute atomic E-state index is 0. The zero-order valence-corrected chi connectivity index (χ0v) is 7.46. The lowest BCUT2D eigenvalue weighted by atomic mass is 10.2. The van der Waals surface area contributed by atoms with Crippen molar-refractivity contribution in [3.63, 3.8) is 0 Å². The summed E-state index contributed by atoms with van der Waals surface area (Å²) in [4.78, 5) is 0.352.